The fraction of sp³-hybridized carbons (Fsp3) is 0.143. The molecule has 1 heterocycles. The van der Waals surface area contributed by atoms with Gasteiger partial charge in [-0.25, -0.2) is 9.37 Å². The molecule has 0 fully saturated rings. The van der Waals surface area contributed by atoms with Gasteiger partial charge in [-0.15, -0.1) is 11.8 Å². The van der Waals surface area contributed by atoms with Gasteiger partial charge >= 0.3 is 0 Å². The van der Waals surface area contributed by atoms with E-state index in [0.29, 0.717) is 17.9 Å². The molecule has 0 bridgehead atoms. The number of anilines is 2. The summed E-state index contributed by atoms with van der Waals surface area (Å²) in [5, 5.41) is 3.54. The van der Waals surface area contributed by atoms with Crippen LogP contribution < -0.4 is 11.1 Å². The van der Waals surface area contributed by atoms with Gasteiger partial charge in [0, 0.05) is 18.4 Å². The number of carbonyl (C=O) groups excluding carboxylic acids is 1. The Kier molecular flexibility index (Phi) is 4.95. The maximum atomic E-state index is 12.9. The molecular weight excluding hydrogens is 277 g/mol. The molecule has 0 aliphatic heterocycles. The van der Waals surface area contributed by atoms with Crippen LogP contribution in [-0.2, 0) is 4.79 Å². The van der Waals surface area contributed by atoms with Crippen molar-refractivity contribution in [1.29, 1.82) is 0 Å². The first-order valence-electron chi connectivity index (χ1n) is 6.04. The third-order valence-corrected chi connectivity index (χ3v) is 3.45. The van der Waals surface area contributed by atoms with Crippen molar-refractivity contribution >= 4 is 29.0 Å². The van der Waals surface area contributed by atoms with Gasteiger partial charge < -0.3 is 11.1 Å². The normalized spacial score (nSPS) is 10.2. The molecule has 0 aliphatic rings. The van der Waals surface area contributed by atoms with Gasteiger partial charge in [-0.3, -0.25) is 4.79 Å². The van der Waals surface area contributed by atoms with Gasteiger partial charge in [0.2, 0.25) is 5.91 Å². The Hall–Kier alpha value is -2.08. The van der Waals surface area contributed by atoms with E-state index >= 15 is 0 Å². The van der Waals surface area contributed by atoms with E-state index in [1.54, 1.807) is 6.20 Å². The molecule has 0 aliphatic carbocycles. The van der Waals surface area contributed by atoms with E-state index in [1.165, 1.54) is 30.0 Å². The van der Waals surface area contributed by atoms with Crippen LogP contribution in [0.1, 0.15) is 6.42 Å². The third kappa shape index (κ3) is 4.24. The maximum absolute atomic E-state index is 12.9. The van der Waals surface area contributed by atoms with Crippen molar-refractivity contribution in [2.45, 2.75) is 11.4 Å². The minimum Gasteiger partial charge on any atom is -0.397 e. The number of amides is 1. The predicted molar refractivity (Wildman–Crippen MR) is 79.0 cm³/mol. The lowest BCUT2D eigenvalue weighted by atomic mass is 10.2. The zero-order valence-corrected chi connectivity index (χ0v) is 11.5. The highest BCUT2D eigenvalue weighted by Crippen LogP contribution is 2.20. The monoisotopic (exact) mass is 291 g/mol. The van der Waals surface area contributed by atoms with Gasteiger partial charge in [-0.1, -0.05) is 6.07 Å². The molecule has 0 unspecified atom stereocenters. The Morgan fingerprint density at radius 1 is 1.35 bits per heavy atom. The fourth-order valence-electron chi connectivity index (χ4n) is 1.54. The van der Waals surface area contributed by atoms with E-state index in [9.17, 15) is 9.18 Å². The van der Waals surface area contributed by atoms with Crippen LogP contribution in [0.25, 0.3) is 0 Å². The van der Waals surface area contributed by atoms with Gasteiger partial charge in [-0.2, -0.15) is 0 Å². The maximum Gasteiger partial charge on any atom is 0.225 e. The molecule has 6 heteroatoms. The Bertz CT molecular complexity index is 592. The van der Waals surface area contributed by atoms with Crippen molar-refractivity contribution in [3.8, 4) is 0 Å². The van der Waals surface area contributed by atoms with Crippen LogP contribution in [0.4, 0.5) is 15.8 Å². The van der Waals surface area contributed by atoms with E-state index < -0.39 is 5.82 Å². The number of rotatable bonds is 5. The number of thioether (sulfide) groups is 1. The second kappa shape index (κ2) is 6.91. The molecule has 4 nitrogen and oxygen atoms in total. The standard InChI is InChI=1S/C14H14FN3OS/c15-10-4-5-12(11(16)9-10)18-13(19)6-8-20-14-3-1-2-7-17-14/h1-5,7,9H,6,8,16H2,(H,18,19). The van der Waals surface area contributed by atoms with Crippen molar-refractivity contribution in [2.24, 2.45) is 0 Å². The molecule has 104 valence electrons. The Morgan fingerprint density at radius 2 is 2.20 bits per heavy atom. The lowest BCUT2D eigenvalue weighted by molar-refractivity contribution is -0.115. The summed E-state index contributed by atoms with van der Waals surface area (Å²) < 4.78 is 12.9. The average molecular weight is 291 g/mol. The molecule has 20 heavy (non-hydrogen) atoms. The lowest BCUT2D eigenvalue weighted by Crippen LogP contribution is -2.13. The highest BCUT2D eigenvalue weighted by atomic mass is 32.2. The summed E-state index contributed by atoms with van der Waals surface area (Å²) in [6.07, 6.45) is 2.04. The Balaban J connectivity index is 1.81. The number of aromatic nitrogens is 1. The molecule has 0 radical (unpaired) electrons. The van der Waals surface area contributed by atoms with Crippen molar-refractivity contribution in [2.75, 3.05) is 16.8 Å². The number of nitrogen functional groups attached to an aromatic ring is 1. The first-order chi connectivity index (χ1) is 9.65. The number of hydrogen-bond acceptors (Lipinski definition) is 4. The fourth-order valence-corrected chi connectivity index (χ4v) is 2.35. The first-order valence-corrected chi connectivity index (χ1v) is 7.02. The molecule has 0 spiro atoms. The lowest BCUT2D eigenvalue weighted by Gasteiger charge is -2.07. The highest BCUT2D eigenvalue weighted by Gasteiger charge is 2.06. The number of pyridine rings is 1. The van der Waals surface area contributed by atoms with Crippen LogP contribution in [-0.4, -0.2) is 16.6 Å². The molecule has 3 N–H and O–H groups in total. The summed E-state index contributed by atoms with van der Waals surface area (Å²) in [6, 6.07) is 9.52. The minimum atomic E-state index is -0.425. The van der Waals surface area contributed by atoms with Gasteiger partial charge in [0.05, 0.1) is 16.4 Å². The summed E-state index contributed by atoms with van der Waals surface area (Å²) in [5.74, 6) is 0.0298. The number of nitrogens with two attached hydrogens (primary N) is 1. The van der Waals surface area contributed by atoms with Gasteiger partial charge in [0.1, 0.15) is 5.82 Å². The Morgan fingerprint density at radius 3 is 2.90 bits per heavy atom. The second-order valence-electron chi connectivity index (χ2n) is 4.05. The van der Waals surface area contributed by atoms with E-state index in [0.717, 1.165) is 5.03 Å². The first kappa shape index (κ1) is 14.3. The van der Waals surface area contributed by atoms with Gasteiger partial charge in [0.25, 0.3) is 0 Å². The molecule has 0 saturated carbocycles. The number of nitrogens with zero attached hydrogens (tertiary/aromatic N) is 1. The van der Waals surface area contributed by atoms with Crippen LogP contribution in [0.3, 0.4) is 0 Å². The minimum absolute atomic E-state index is 0.160. The van der Waals surface area contributed by atoms with Crippen LogP contribution in [0, 0.1) is 5.82 Å². The predicted octanol–water partition coefficient (Wildman–Crippen LogP) is 2.92. The van der Waals surface area contributed by atoms with Crippen molar-refractivity contribution in [1.82, 2.24) is 4.98 Å². The zero-order chi connectivity index (χ0) is 14.4. The second-order valence-corrected chi connectivity index (χ2v) is 5.16. The van der Waals surface area contributed by atoms with E-state index in [2.05, 4.69) is 10.3 Å². The SMILES string of the molecule is Nc1cc(F)ccc1NC(=O)CCSc1ccccn1. The summed E-state index contributed by atoms with van der Waals surface area (Å²) in [5.41, 5.74) is 6.27. The van der Waals surface area contributed by atoms with Gasteiger partial charge in [0.15, 0.2) is 0 Å². The van der Waals surface area contributed by atoms with Crippen molar-refractivity contribution in [3.05, 3.63) is 48.4 Å². The van der Waals surface area contributed by atoms with Crippen LogP contribution >= 0.6 is 11.8 Å². The van der Waals surface area contributed by atoms with Crippen LogP contribution in [0.2, 0.25) is 0 Å². The average Bonchev–Trinajstić information content (AvgIpc) is 2.43. The largest absolute Gasteiger partial charge is 0.397 e. The van der Waals surface area contributed by atoms with E-state index in [4.69, 9.17) is 5.73 Å². The third-order valence-electron chi connectivity index (χ3n) is 2.50. The molecule has 0 saturated heterocycles. The quantitative estimate of drug-likeness (QED) is 0.656. The summed E-state index contributed by atoms with van der Waals surface area (Å²) in [4.78, 5) is 15.9. The number of halogens is 1. The van der Waals surface area contributed by atoms with Gasteiger partial charge in [-0.05, 0) is 30.3 Å². The molecule has 2 aromatic rings. The number of benzene rings is 1. The molecule has 1 aromatic heterocycles. The summed E-state index contributed by atoms with van der Waals surface area (Å²) in [7, 11) is 0. The van der Waals surface area contributed by atoms with Crippen LogP contribution in [0.15, 0.2) is 47.6 Å². The molecule has 2 rings (SSSR count). The number of hydrogen-bond donors (Lipinski definition) is 2. The highest BCUT2D eigenvalue weighted by molar-refractivity contribution is 7.99. The molecule has 0 atom stereocenters. The van der Waals surface area contributed by atoms with Crippen molar-refractivity contribution < 1.29 is 9.18 Å². The van der Waals surface area contributed by atoms with E-state index in [-0.39, 0.29) is 11.6 Å². The van der Waals surface area contributed by atoms with Crippen LogP contribution in [0.5, 0.6) is 0 Å². The zero-order valence-electron chi connectivity index (χ0n) is 10.7. The number of nitrogens with one attached hydrogen (secondary N) is 1. The Labute approximate surface area is 120 Å². The number of carbonyl (C=O) groups is 1. The molecule has 1 amide bonds. The van der Waals surface area contributed by atoms with Crippen molar-refractivity contribution in [3.63, 3.8) is 0 Å². The smallest absolute Gasteiger partial charge is 0.225 e. The molecule has 1 aromatic carbocycles. The summed E-state index contributed by atoms with van der Waals surface area (Å²) >= 11 is 1.50. The van der Waals surface area contributed by atoms with E-state index in [1.807, 2.05) is 18.2 Å². The summed E-state index contributed by atoms with van der Waals surface area (Å²) in [6.45, 7) is 0. The topological polar surface area (TPSA) is 68.0 Å². The molecular formula is C14H14FN3OS.